The molecule has 1 aliphatic rings. The third-order valence-electron chi connectivity index (χ3n) is 5.38. The lowest BCUT2D eigenvalue weighted by Gasteiger charge is -2.32. The maximum Gasteiger partial charge on any atom is 0.429 e. The van der Waals surface area contributed by atoms with Gasteiger partial charge in [-0.3, -0.25) is 4.79 Å². The Kier molecular flexibility index (Phi) is 6.13. The fourth-order valence-corrected chi connectivity index (χ4v) is 4.76. The van der Waals surface area contributed by atoms with E-state index in [1.807, 2.05) is 0 Å². The van der Waals surface area contributed by atoms with Gasteiger partial charge in [0.25, 0.3) is 0 Å². The smallest absolute Gasteiger partial charge is 0.429 e. The highest BCUT2D eigenvalue weighted by atomic mass is 35.5. The largest absolute Gasteiger partial charge is 0.481 e. The van der Waals surface area contributed by atoms with E-state index >= 15 is 0 Å². The van der Waals surface area contributed by atoms with Crippen LogP contribution in [0.25, 0.3) is 11.3 Å². The SMILES string of the molecule is O=C(O)CCc1ccc2c(c1F)CCN(c1c(-c3ccc(Cl)cc3)nsc1C(F)(F)F)C2. The summed E-state index contributed by atoms with van der Waals surface area (Å²) in [5.74, 6) is -1.49. The van der Waals surface area contributed by atoms with E-state index in [1.54, 1.807) is 35.2 Å². The monoisotopic (exact) mass is 484 g/mol. The van der Waals surface area contributed by atoms with Gasteiger partial charge in [-0.2, -0.15) is 17.5 Å². The molecule has 32 heavy (non-hydrogen) atoms. The summed E-state index contributed by atoms with van der Waals surface area (Å²) in [7, 11) is 0. The maximum absolute atomic E-state index is 14.9. The minimum Gasteiger partial charge on any atom is -0.481 e. The van der Waals surface area contributed by atoms with Crippen LogP contribution in [0.1, 0.15) is 28.0 Å². The third kappa shape index (κ3) is 4.45. The molecule has 1 aromatic heterocycles. The maximum atomic E-state index is 14.9. The summed E-state index contributed by atoms with van der Waals surface area (Å²) < 4.78 is 60.3. The Hall–Kier alpha value is -2.65. The number of anilines is 1. The number of fused-ring (bicyclic) bond motifs is 1. The molecular formula is C22H17ClF4N2O2S. The number of nitrogens with zero attached hydrogens (tertiary/aromatic N) is 2. The molecule has 3 aromatic rings. The number of hydrogen-bond acceptors (Lipinski definition) is 4. The first-order valence-corrected chi connectivity index (χ1v) is 10.9. The van der Waals surface area contributed by atoms with Crippen LogP contribution in [0.4, 0.5) is 23.2 Å². The summed E-state index contributed by atoms with van der Waals surface area (Å²) in [6.07, 6.45) is -4.51. The Labute approximate surface area is 190 Å². The van der Waals surface area contributed by atoms with Gasteiger partial charge >= 0.3 is 12.1 Å². The average molecular weight is 485 g/mol. The Morgan fingerprint density at radius 2 is 1.91 bits per heavy atom. The molecule has 0 bridgehead atoms. The van der Waals surface area contributed by atoms with Crippen LogP contribution in [0.5, 0.6) is 0 Å². The summed E-state index contributed by atoms with van der Waals surface area (Å²) >= 11 is 6.31. The zero-order chi connectivity index (χ0) is 23.0. The van der Waals surface area contributed by atoms with Gasteiger partial charge in [0.15, 0.2) is 4.88 Å². The van der Waals surface area contributed by atoms with Crippen molar-refractivity contribution < 1.29 is 27.5 Å². The summed E-state index contributed by atoms with van der Waals surface area (Å²) in [6, 6.07) is 9.59. The van der Waals surface area contributed by atoms with Gasteiger partial charge in [-0.1, -0.05) is 35.9 Å². The van der Waals surface area contributed by atoms with E-state index in [4.69, 9.17) is 16.7 Å². The first kappa shape index (κ1) is 22.5. The average Bonchev–Trinajstić information content (AvgIpc) is 3.19. The van der Waals surface area contributed by atoms with Crippen molar-refractivity contribution in [2.24, 2.45) is 0 Å². The molecule has 2 heterocycles. The van der Waals surface area contributed by atoms with Crippen LogP contribution < -0.4 is 4.90 Å². The van der Waals surface area contributed by atoms with E-state index in [9.17, 15) is 22.4 Å². The lowest BCUT2D eigenvalue weighted by atomic mass is 9.94. The number of aromatic nitrogens is 1. The van der Waals surface area contributed by atoms with Crippen molar-refractivity contribution in [2.45, 2.75) is 32.0 Å². The molecule has 0 amide bonds. The second kappa shape index (κ2) is 8.71. The van der Waals surface area contributed by atoms with Gasteiger partial charge in [0.05, 0.1) is 5.69 Å². The Morgan fingerprint density at radius 1 is 1.19 bits per heavy atom. The van der Waals surface area contributed by atoms with Crippen LogP contribution in [-0.4, -0.2) is 22.0 Å². The van der Waals surface area contributed by atoms with E-state index in [2.05, 4.69) is 4.37 Å². The number of carboxylic acid groups (broad SMARTS) is 1. The standard InChI is InChI=1S/C22H17ClF4N2O2S/c23-15-6-3-13(4-7-15)19-20(21(32-28-19)22(25,26)27)29-10-9-16-14(11-29)2-1-12(18(16)24)5-8-17(30)31/h1-4,6-7H,5,8-11H2,(H,30,31). The zero-order valence-corrected chi connectivity index (χ0v) is 18.1. The first-order valence-electron chi connectivity index (χ1n) is 9.74. The lowest BCUT2D eigenvalue weighted by Crippen LogP contribution is -2.32. The van der Waals surface area contributed by atoms with E-state index < -0.39 is 22.8 Å². The topological polar surface area (TPSA) is 53.4 Å². The van der Waals surface area contributed by atoms with Crippen LogP contribution >= 0.6 is 23.1 Å². The van der Waals surface area contributed by atoms with Crippen LogP contribution in [0.3, 0.4) is 0 Å². The van der Waals surface area contributed by atoms with Crippen molar-refractivity contribution in [1.29, 1.82) is 0 Å². The minimum absolute atomic E-state index is 0.0224. The number of aryl methyl sites for hydroxylation is 1. The summed E-state index contributed by atoms with van der Waals surface area (Å²) in [5.41, 5.74) is 2.00. The van der Waals surface area contributed by atoms with Crippen molar-refractivity contribution in [3.8, 4) is 11.3 Å². The number of halogens is 5. The molecule has 0 fully saturated rings. The van der Waals surface area contributed by atoms with E-state index in [0.29, 0.717) is 38.8 Å². The highest BCUT2D eigenvalue weighted by molar-refractivity contribution is 7.06. The van der Waals surface area contributed by atoms with E-state index in [0.717, 1.165) is 0 Å². The van der Waals surface area contributed by atoms with Gasteiger partial charge in [-0.15, -0.1) is 0 Å². The molecule has 0 unspecified atom stereocenters. The Morgan fingerprint density at radius 3 is 2.56 bits per heavy atom. The predicted molar refractivity (Wildman–Crippen MR) is 115 cm³/mol. The van der Waals surface area contributed by atoms with Gasteiger partial charge in [0.2, 0.25) is 0 Å². The van der Waals surface area contributed by atoms with Crippen molar-refractivity contribution in [2.75, 3.05) is 11.4 Å². The van der Waals surface area contributed by atoms with Crippen molar-refractivity contribution >= 4 is 34.8 Å². The van der Waals surface area contributed by atoms with E-state index in [1.165, 1.54) is 6.07 Å². The zero-order valence-electron chi connectivity index (χ0n) is 16.5. The van der Waals surface area contributed by atoms with Crippen LogP contribution in [0.2, 0.25) is 5.02 Å². The molecule has 0 spiro atoms. The van der Waals surface area contributed by atoms with Crippen LogP contribution in [0.15, 0.2) is 36.4 Å². The number of aliphatic carboxylic acids is 1. The number of carboxylic acids is 1. The molecule has 168 valence electrons. The molecule has 0 radical (unpaired) electrons. The molecule has 1 N–H and O–H groups in total. The van der Waals surface area contributed by atoms with Gasteiger partial charge in [0.1, 0.15) is 11.5 Å². The number of hydrogen-bond donors (Lipinski definition) is 1. The molecular weight excluding hydrogens is 468 g/mol. The van der Waals surface area contributed by atoms with E-state index in [-0.39, 0.29) is 43.7 Å². The van der Waals surface area contributed by atoms with Gasteiger partial charge in [-0.05, 0) is 53.2 Å². The molecule has 4 nitrogen and oxygen atoms in total. The second-order valence-electron chi connectivity index (χ2n) is 7.46. The Balaban J connectivity index is 1.71. The van der Waals surface area contributed by atoms with Crippen molar-refractivity contribution in [3.63, 3.8) is 0 Å². The quantitative estimate of drug-likeness (QED) is 0.438. The number of benzene rings is 2. The molecule has 0 atom stereocenters. The predicted octanol–water partition coefficient (Wildman–Crippen LogP) is 6.20. The first-order chi connectivity index (χ1) is 15.1. The molecule has 10 heteroatoms. The molecule has 4 rings (SSSR count). The molecule has 1 aliphatic heterocycles. The fourth-order valence-electron chi connectivity index (χ4n) is 3.85. The van der Waals surface area contributed by atoms with Gasteiger partial charge in [0, 0.05) is 30.1 Å². The number of alkyl halides is 3. The third-order valence-corrected chi connectivity index (χ3v) is 6.51. The molecule has 0 saturated heterocycles. The Bertz CT molecular complexity index is 1160. The minimum atomic E-state index is -4.58. The fraction of sp³-hybridized carbons (Fsp3) is 0.273. The van der Waals surface area contributed by atoms with Crippen LogP contribution in [0, 0.1) is 5.82 Å². The normalized spacial score (nSPS) is 13.8. The van der Waals surface area contributed by atoms with Gasteiger partial charge in [-0.25, -0.2) is 4.39 Å². The second-order valence-corrected chi connectivity index (χ2v) is 8.67. The molecule has 0 aliphatic carbocycles. The molecule has 2 aromatic carbocycles. The molecule has 0 saturated carbocycles. The number of carbonyl (C=O) groups is 1. The highest BCUT2D eigenvalue weighted by Gasteiger charge is 2.40. The van der Waals surface area contributed by atoms with Crippen molar-refractivity contribution in [1.82, 2.24) is 4.37 Å². The highest BCUT2D eigenvalue weighted by Crippen LogP contribution is 2.46. The van der Waals surface area contributed by atoms with Gasteiger partial charge < -0.3 is 10.0 Å². The number of rotatable bonds is 5. The summed E-state index contributed by atoms with van der Waals surface area (Å²) in [5, 5.41) is 9.30. The van der Waals surface area contributed by atoms with Crippen molar-refractivity contribution in [3.05, 3.63) is 68.8 Å². The summed E-state index contributed by atoms with van der Waals surface area (Å²) in [6.45, 7) is 0.266. The summed E-state index contributed by atoms with van der Waals surface area (Å²) in [4.78, 5) is 11.6. The van der Waals surface area contributed by atoms with Crippen LogP contribution in [-0.2, 0) is 30.4 Å². The lowest BCUT2D eigenvalue weighted by molar-refractivity contribution is -0.137.